The van der Waals surface area contributed by atoms with Crippen LogP contribution in [0.5, 0.6) is 0 Å². The summed E-state index contributed by atoms with van der Waals surface area (Å²) in [5.74, 6) is -0.0227. The smallest absolute Gasteiger partial charge is 0.261 e. The topological polar surface area (TPSA) is 87.3 Å². The first-order valence-electron chi connectivity index (χ1n) is 11.8. The molecule has 0 aromatic heterocycles. The summed E-state index contributed by atoms with van der Waals surface area (Å²) in [5, 5.41) is 5.80. The molecule has 1 amide bonds. The standard InChI is InChI=1S/C28H33N3O3S2/c1-18(2)14-22-6-8-23(9-7-22)21(5)27(32)30-28(35)29-24-10-12-26(13-11-24)36(33,34)31-25-16-19(3)15-20(4)17-25/h6-13,15-18,21,31H,14H2,1-5H3,(H2,29,30,32,35). The van der Waals surface area contributed by atoms with E-state index in [9.17, 15) is 13.2 Å². The van der Waals surface area contributed by atoms with Crippen LogP contribution in [-0.4, -0.2) is 19.4 Å². The van der Waals surface area contributed by atoms with Crippen LogP contribution in [0.2, 0.25) is 0 Å². The molecule has 0 heterocycles. The number of carbonyl (C=O) groups is 1. The Hall–Kier alpha value is -3.23. The number of amides is 1. The fraction of sp³-hybridized carbons (Fsp3) is 0.286. The third-order valence-electron chi connectivity index (χ3n) is 5.65. The lowest BCUT2D eigenvalue weighted by atomic mass is 9.96. The summed E-state index contributed by atoms with van der Waals surface area (Å²) in [5.41, 5.74) is 5.18. The number of nitrogens with one attached hydrogen (secondary N) is 3. The minimum atomic E-state index is -3.74. The minimum absolute atomic E-state index is 0.122. The van der Waals surface area contributed by atoms with Crippen molar-refractivity contribution < 1.29 is 13.2 Å². The van der Waals surface area contributed by atoms with Gasteiger partial charge in [0.15, 0.2) is 5.11 Å². The molecule has 190 valence electrons. The monoisotopic (exact) mass is 523 g/mol. The van der Waals surface area contributed by atoms with Crippen LogP contribution in [0.4, 0.5) is 11.4 Å². The number of rotatable bonds is 8. The van der Waals surface area contributed by atoms with Gasteiger partial charge in [-0.05, 0) is 104 Å². The van der Waals surface area contributed by atoms with E-state index in [1.807, 2.05) is 39.0 Å². The SMILES string of the molecule is Cc1cc(C)cc(NS(=O)(=O)c2ccc(NC(=S)NC(=O)C(C)c3ccc(CC(C)C)cc3)cc2)c1. The molecule has 0 saturated carbocycles. The van der Waals surface area contributed by atoms with Crippen LogP contribution in [-0.2, 0) is 21.2 Å². The van der Waals surface area contributed by atoms with Crippen molar-refractivity contribution in [1.82, 2.24) is 5.32 Å². The molecule has 3 N–H and O–H groups in total. The first-order valence-corrected chi connectivity index (χ1v) is 13.7. The summed E-state index contributed by atoms with van der Waals surface area (Å²) < 4.78 is 28.2. The number of aryl methyl sites for hydroxylation is 2. The molecule has 3 rings (SSSR count). The van der Waals surface area contributed by atoms with Gasteiger partial charge in [0.1, 0.15) is 0 Å². The van der Waals surface area contributed by atoms with E-state index in [0.717, 1.165) is 23.1 Å². The fourth-order valence-corrected chi connectivity index (χ4v) is 5.17. The Labute approximate surface area is 219 Å². The Bertz CT molecular complexity index is 1310. The van der Waals surface area contributed by atoms with E-state index in [1.54, 1.807) is 24.3 Å². The summed E-state index contributed by atoms with van der Waals surface area (Å²) >= 11 is 5.29. The predicted molar refractivity (Wildman–Crippen MR) is 151 cm³/mol. The molecular weight excluding hydrogens is 490 g/mol. The van der Waals surface area contributed by atoms with Gasteiger partial charge in [-0.1, -0.05) is 44.2 Å². The molecule has 0 spiro atoms. The summed E-state index contributed by atoms with van der Waals surface area (Å²) in [4.78, 5) is 12.8. The molecule has 36 heavy (non-hydrogen) atoms. The third kappa shape index (κ3) is 7.63. The maximum Gasteiger partial charge on any atom is 0.261 e. The van der Waals surface area contributed by atoms with Crippen LogP contribution in [0.15, 0.2) is 71.6 Å². The first-order chi connectivity index (χ1) is 16.9. The molecule has 3 aromatic rings. The zero-order chi connectivity index (χ0) is 26.5. The average Bonchev–Trinajstić information content (AvgIpc) is 2.78. The van der Waals surface area contributed by atoms with Gasteiger partial charge in [-0.2, -0.15) is 0 Å². The Morgan fingerprint density at radius 2 is 1.44 bits per heavy atom. The number of benzene rings is 3. The lowest BCUT2D eigenvalue weighted by Crippen LogP contribution is -2.36. The Balaban J connectivity index is 1.58. The van der Waals surface area contributed by atoms with E-state index in [0.29, 0.717) is 17.3 Å². The summed E-state index contributed by atoms with van der Waals surface area (Å²) in [7, 11) is -3.74. The van der Waals surface area contributed by atoms with E-state index < -0.39 is 10.0 Å². The van der Waals surface area contributed by atoms with Crippen molar-refractivity contribution in [2.24, 2.45) is 5.92 Å². The molecule has 6 nitrogen and oxygen atoms in total. The molecule has 0 aliphatic carbocycles. The van der Waals surface area contributed by atoms with Crippen molar-refractivity contribution >= 4 is 44.6 Å². The third-order valence-corrected chi connectivity index (χ3v) is 7.25. The van der Waals surface area contributed by atoms with Gasteiger partial charge in [0, 0.05) is 11.4 Å². The highest BCUT2D eigenvalue weighted by Crippen LogP contribution is 2.21. The lowest BCUT2D eigenvalue weighted by molar-refractivity contribution is -0.120. The molecule has 1 atom stereocenters. The molecule has 0 radical (unpaired) electrons. The zero-order valence-electron chi connectivity index (χ0n) is 21.3. The van der Waals surface area contributed by atoms with Crippen LogP contribution >= 0.6 is 12.2 Å². The highest BCUT2D eigenvalue weighted by Gasteiger charge is 2.18. The quantitative estimate of drug-likeness (QED) is 0.319. The van der Waals surface area contributed by atoms with E-state index in [-0.39, 0.29) is 21.8 Å². The van der Waals surface area contributed by atoms with Gasteiger partial charge in [0.05, 0.1) is 10.8 Å². The zero-order valence-corrected chi connectivity index (χ0v) is 22.9. The van der Waals surface area contributed by atoms with Crippen molar-refractivity contribution in [2.45, 2.75) is 51.9 Å². The molecule has 3 aromatic carbocycles. The van der Waals surface area contributed by atoms with Gasteiger partial charge in [0.25, 0.3) is 10.0 Å². The van der Waals surface area contributed by atoms with Crippen molar-refractivity contribution in [3.63, 3.8) is 0 Å². The normalized spacial score (nSPS) is 12.2. The highest BCUT2D eigenvalue weighted by molar-refractivity contribution is 7.92. The largest absolute Gasteiger partial charge is 0.332 e. The second kappa shape index (κ2) is 11.7. The molecular formula is C28H33N3O3S2. The number of thiocarbonyl (C=S) groups is 1. The Morgan fingerprint density at radius 1 is 0.861 bits per heavy atom. The van der Waals surface area contributed by atoms with Gasteiger partial charge in [-0.3, -0.25) is 9.52 Å². The molecule has 0 saturated heterocycles. The second-order valence-corrected chi connectivity index (χ2v) is 11.6. The van der Waals surface area contributed by atoms with Crippen LogP contribution in [0.1, 0.15) is 48.9 Å². The van der Waals surface area contributed by atoms with Crippen molar-refractivity contribution in [3.05, 3.63) is 89.0 Å². The molecule has 0 aliphatic heterocycles. The fourth-order valence-electron chi connectivity index (χ4n) is 3.91. The second-order valence-electron chi connectivity index (χ2n) is 9.51. The number of hydrogen-bond donors (Lipinski definition) is 3. The van der Waals surface area contributed by atoms with Gasteiger partial charge in [0.2, 0.25) is 5.91 Å². The molecule has 0 bridgehead atoms. The number of sulfonamides is 1. The minimum Gasteiger partial charge on any atom is -0.332 e. The van der Waals surface area contributed by atoms with E-state index in [1.165, 1.54) is 17.7 Å². The van der Waals surface area contributed by atoms with Crippen molar-refractivity contribution in [3.8, 4) is 0 Å². The summed E-state index contributed by atoms with van der Waals surface area (Å²) in [6.07, 6.45) is 0.997. The van der Waals surface area contributed by atoms with Crippen LogP contribution in [0.25, 0.3) is 0 Å². The molecule has 1 unspecified atom stereocenters. The number of hydrogen-bond acceptors (Lipinski definition) is 4. The van der Waals surface area contributed by atoms with E-state index in [2.05, 4.69) is 41.3 Å². The maximum atomic E-state index is 12.8. The number of carbonyl (C=O) groups excluding carboxylic acids is 1. The Morgan fingerprint density at radius 3 is 2.00 bits per heavy atom. The average molecular weight is 524 g/mol. The molecule has 8 heteroatoms. The molecule has 0 aliphatic rings. The van der Waals surface area contributed by atoms with Gasteiger partial charge in [-0.15, -0.1) is 0 Å². The van der Waals surface area contributed by atoms with Gasteiger partial charge in [-0.25, -0.2) is 8.42 Å². The van der Waals surface area contributed by atoms with E-state index in [4.69, 9.17) is 12.2 Å². The van der Waals surface area contributed by atoms with Crippen LogP contribution in [0.3, 0.4) is 0 Å². The Kier molecular flexibility index (Phi) is 8.87. The summed E-state index contributed by atoms with van der Waals surface area (Å²) in [6.45, 7) is 10.0. The lowest BCUT2D eigenvalue weighted by Gasteiger charge is -2.15. The van der Waals surface area contributed by atoms with E-state index >= 15 is 0 Å². The predicted octanol–water partition coefficient (Wildman–Crippen LogP) is 5.92. The van der Waals surface area contributed by atoms with Crippen LogP contribution in [0, 0.1) is 19.8 Å². The van der Waals surface area contributed by atoms with Gasteiger partial charge < -0.3 is 10.6 Å². The van der Waals surface area contributed by atoms with Gasteiger partial charge >= 0.3 is 0 Å². The van der Waals surface area contributed by atoms with Crippen LogP contribution < -0.4 is 15.4 Å². The number of anilines is 2. The molecule has 0 fully saturated rings. The maximum absolute atomic E-state index is 12.8. The summed E-state index contributed by atoms with van der Waals surface area (Å²) in [6, 6.07) is 19.8. The first kappa shape index (κ1) is 27.4. The highest BCUT2D eigenvalue weighted by atomic mass is 32.2. The van der Waals surface area contributed by atoms with Crippen molar-refractivity contribution in [2.75, 3.05) is 10.0 Å². The van der Waals surface area contributed by atoms with Crippen molar-refractivity contribution in [1.29, 1.82) is 0 Å².